The van der Waals surface area contributed by atoms with E-state index in [1.807, 2.05) is 48.5 Å². The fraction of sp³-hybridized carbons (Fsp3) is 0.351. The first-order valence-electron chi connectivity index (χ1n) is 17.9. The molecule has 0 saturated carbocycles. The Hall–Kier alpha value is -5.35. The summed E-state index contributed by atoms with van der Waals surface area (Å²) in [6, 6.07) is 22.1. The van der Waals surface area contributed by atoms with Gasteiger partial charge in [0.15, 0.2) is 10.8 Å². The minimum absolute atomic E-state index is 0.0334. The maximum Gasteiger partial charge on any atom is 0.510 e. The highest BCUT2D eigenvalue weighted by Gasteiger charge is 2.24. The van der Waals surface area contributed by atoms with Crippen LogP contribution in [-0.2, 0) is 50.1 Å². The minimum atomic E-state index is -0.939. The van der Waals surface area contributed by atoms with Gasteiger partial charge in [0.1, 0.15) is 12.4 Å². The molecule has 3 aromatic carbocycles. The number of rotatable bonds is 21. The van der Waals surface area contributed by atoms with Crippen LogP contribution in [0.5, 0.6) is 0 Å². The van der Waals surface area contributed by atoms with Crippen LogP contribution in [0.1, 0.15) is 78.8 Å². The first-order valence-corrected chi connectivity index (χ1v) is 18.3. The van der Waals surface area contributed by atoms with E-state index in [2.05, 4.69) is 37.0 Å². The number of halogens is 1. The molecular formula is C37H43ClN8O11. The summed E-state index contributed by atoms with van der Waals surface area (Å²) in [7, 11) is 0. The third-order valence-electron chi connectivity index (χ3n) is 8.45. The largest absolute Gasteiger partial charge is 0.510 e. The third kappa shape index (κ3) is 12.6. The fourth-order valence-electron chi connectivity index (χ4n) is 5.56. The van der Waals surface area contributed by atoms with Gasteiger partial charge in [-0.05, 0) is 59.2 Å². The van der Waals surface area contributed by atoms with Crippen LogP contribution in [0.25, 0.3) is 22.5 Å². The van der Waals surface area contributed by atoms with Crippen molar-refractivity contribution in [2.45, 2.75) is 71.9 Å². The Bertz CT molecular complexity index is 2040. The molecule has 0 spiro atoms. The maximum absolute atomic E-state index is 13.2. The van der Waals surface area contributed by atoms with Crippen LogP contribution in [-0.4, -0.2) is 86.7 Å². The SMILES string of the molecule is CCCCc1nc(Cl)c(C(=O)OCCCCON(O)O)n1Cc1ccc(-c2ccccc2-c2nnn(C(C)OC(=O)OCc3ccc(CON(O)O)cc3)n2)cc1. The van der Waals surface area contributed by atoms with Crippen molar-refractivity contribution in [2.75, 3.05) is 13.2 Å². The van der Waals surface area contributed by atoms with Gasteiger partial charge in [-0.2, -0.15) is 0 Å². The van der Waals surface area contributed by atoms with Crippen molar-refractivity contribution < 1.29 is 54.3 Å². The van der Waals surface area contributed by atoms with Crippen molar-refractivity contribution in [1.29, 1.82) is 0 Å². The number of ether oxygens (including phenoxy) is 3. The molecule has 5 aromatic rings. The Morgan fingerprint density at radius 3 is 2.14 bits per heavy atom. The van der Waals surface area contributed by atoms with E-state index in [1.165, 1.54) is 4.80 Å². The lowest BCUT2D eigenvalue weighted by molar-refractivity contribution is -0.497. The monoisotopic (exact) mass is 810 g/mol. The molecule has 0 amide bonds. The summed E-state index contributed by atoms with van der Waals surface area (Å²) in [6.07, 6.45) is 1.37. The van der Waals surface area contributed by atoms with E-state index < -0.39 is 18.4 Å². The van der Waals surface area contributed by atoms with E-state index in [9.17, 15) is 9.59 Å². The van der Waals surface area contributed by atoms with Crippen LogP contribution < -0.4 is 0 Å². The topological polar surface area (TPSA) is 229 Å². The van der Waals surface area contributed by atoms with Gasteiger partial charge in [-0.1, -0.05) is 97.7 Å². The van der Waals surface area contributed by atoms with Crippen LogP contribution in [0.15, 0.2) is 72.8 Å². The van der Waals surface area contributed by atoms with E-state index >= 15 is 0 Å². The van der Waals surface area contributed by atoms with Crippen LogP contribution in [0.4, 0.5) is 4.79 Å². The zero-order valence-corrected chi connectivity index (χ0v) is 31.9. The number of hydrogen-bond acceptors (Lipinski definition) is 17. The highest BCUT2D eigenvalue weighted by atomic mass is 35.5. The molecule has 4 N–H and O–H groups in total. The third-order valence-corrected chi connectivity index (χ3v) is 8.71. The molecule has 20 heteroatoms. The number of unbranched alkanes of at least 4 members (excludes halogenated alkanes) is 2. The molecule has 5 rings (SSSR count). The Morgan fingerprint density at radius 1 is 0.807 bits per heavy atom. The molecule has 0 aliphatic heterocycles. The lowest BCUT2D eigenvalue weighted by Gasteiger charge is -2.13. The highest BCUT2D eigenvalue weighted by Crippen LogP contribution is 2.31. The number of hydrogen-bond donors (Lipinski definition) is 4. The number of aryl methyl sites for hydroxylation is 1. The number of esters is 1. The number of carbonyl (C=O) groups is 2. The van der Waals surface area contributed by atoms with Gasteiger partial charge in [-0.25, -0.2) is 19.4 Å². The molecule has 0 bridgehead atoms. The Labute approximate surface area is 331 Å². The molecule has 1 atom stereocenters. The van der Waals surface area contributed by atoms with Crippen LogP contribution >= 0.6 is 11.6 Å². The number of aromatic nitrogens is 6. The summed E-state index contributed by atoms with van der Waals surface area (Å²) in [5.74, 6) is 0.364. The smallest absolute Gasteiger partial charge is 0.461 e. The van der Waals surface area contributed by atoms with E-state index in [0.717, 1.165) is 29.5 Å². The van der Waals surface area contributed by atoms with Gasteiger partial charge >= 0.3 is 12.1 Å². The van der Waals surface area contributed by atoms with Gasteiger partial charge in [-0.15, -0.1) is 15.0 Å². The van der Waals surface area contributed by atoms with Crippen molar-refractivity contribution in [2.24, 2.45) is 0 Å². The lowest BCUT2D eigenvalue weighted by atomic mass is 9.98. The summed E-state index contributed by atoms with van der Waals surface area (Å²) in [5.41, 5.74) is 4.76. The molecule has 0 saturated heterocycles. The second kappa shape index (κ2) is 21.3. The molecule has 304 valence electrons. The Balaban J connectivity index is 1.22. The predicted molar refractivity (Wildman–Crippen MR) is 197 cm³/mol. The van der Waals surface area contributed by atoms with E-state index in [0.29, 0.717) is 54.1 Å². The van der Waals surface area contributed by atoms with Crippen molar-refractivity contribution in [1.82, 2.24) is 40.5 Å². The van der Waals surface area contributed by atoms with Gasteiger partial charge in [0.2, 0.25) is 12.1 Å². The molecule has 0 aliphatic rings. The summed E-state index contributed by atoms with van der Waals surface area (Å²) in [4.78, 5) is 40.4. The first-order chi connectivity index (χ1) is 27.5. The molecule has 57 heavy (non-hydrogen) atoms. The Morgan fingerprint density at radius 2 is 1.46 bits per heavy atom. The quantitative estimate of drug-likeness (QED) is 0.0348. The fourth-order valence-corrected chi connectivity index (χ4v) is 5.83. The average molecular weight is 811 g/mol. The van der Waals surface area contributed by atoms with E-state index in [1.54, 1.807) is 35.8 Å². The summed E-state index contributed by atoms with van der Waals surface area (Å²) in [6.45, 7) is 3.93. The number of benzene rings is 3. The second-order valence-electron chi connectivity index (χ2n) is 12.6. The molecule has 0 fully saturated rings. The number of imidazole rings is 1. The summed E-state index contributed by atoms with van der Waals surface area (Å²) >= 11 is 6.49. The van der Waals surface area contributed by atoms with Crippen molar-refractivity contribution in [3.05, 3.63) is 106 Å². The maximum atomic E-state index is 13.2. The molecule has 0 radical (unpaired) electrons. The summed E-state index contributed by atoms with van der Waals surface area (Å²) in [5, 5.41) is 46.7. The molecule has 2 heterocycles. The second-order valence-corrected chi connectivity index (χ2v) is 12.9. The Kier molecular flexibility index (Phi) is 16.0. The van der Waals surface area contributed by atoms with Crippen LogP contribution in [0, 0.1) is 0 Å². The van der Waals surface area contributed by atoms with Crippen LogP contribution in [0.2, 0.25) is 5.15 Å². The van der Waals surface area contributed by atoms with Crippen molar-refractivity contribution in [3.63, 3.8) is 0 Å². The zero-order valence-electron chi connectivity index (χ0n) is 31.2. The predicted octanol–water partition coefficient (Wildman–Crippen LogP) is 6.58. The summed E-state index contributed by atoms with van der Waals surface area (Å²) < 4.78 is 17.8. The first kappa shape index (κ1) is 42.8. The normalized spacial score (nSPS) is 11.9. The zero-order chi connectivity index (χ0) is 40.7. The molecule has 19 nitrogen and oxygen atoms in total. The highest BCUT2D eigenvalue weighted by molar-refractivity contribution is 6.32. The van der Waals surface area contributed by atoms with Gasteiger partial charge < -0.3 is 18.8 Å². The number of tetrazole rings is 1. The van der Waals surface area contributed by atoms with Crippen LogP contribution in [0.3, 0.4) is 0 Å². The van der Waals surface area contributed by atoms with Gasteiger partial charge in [-0.3, -0.25) is 25.7 Å². The van der Waals surface area contributed by atoms with Crippen molar-refractivity contribution in [3.8, 4) is 22.5 Å². The number of nitrogens with zero attached hydrogens (tertiary/aromatic N) is 8. The standard InChI is InChI=1S/C37H43ClN8O11/c1-3-4-11-32-39-34(38)33(36(47)53-20-7-8-21-55-45(49)50)43(32)22-26-16-18-29(19-17-26)30-9-5-6-10-31(30)35-40-42-44(41-35)25(2)57-37(48)54-23-27-12-14-28(15-13-27)24-56-46(51)52/h5-6,9-10,12-19,25,49-52H,3-4,7-8,11,20-24H2,1-2H3. The van der Waals surface area contributed by atoms with Gasteiger partial charge in [0, 0.05) is 18.5 Å². The molecule has 2 aromatic heterocycles. The van der Waals surface area contributed by atoms with Crippen molar-refractivity contribution >= 4 is 23.7 Å². The molecular weight excluding hydrogens is 768 g/mol. The lowest BCUT2D eigenvalue weighted by Crippen LogP contribution is -2.18. The van der Waals surface area contributed by atoms with Gasteiger partial charge in [0.25, 0.3) is 0 Å². The van der Waals surface area contributed by atoms with Gasteiger partial charge in [0.05, 0.1) is 30.6 Å². The molecule has 0 aliphatic carbocycles. The van der Waals surface area contributed by atoms with E-state index in [-0.39, 0.29) is 48.1 Å². The minimum Gasteiger partial charge on any atom is -0.461 e. The van der Waals surface area contributed by atoms with E-state index in [4.69, 9.17) is 46.6 Å². The number of carbonyl (C=O) groups excluding carboxylic acids is 2. The average Bonchev–Trinajstić information content (AvgIpc) is 3.82. The molecule has 1 unspecified atom stereocenters.